The van der Waals surface area contributed by atoms with Crippen molar-refractivity contribution in [1.29, 1.82) is 1.43 Å². The largest absolute Gasteiger partial charge is 0.393 e. The predicted octanol–water partition coefficient (Wildman–Crippen LogP) is 5.70. The molecule has 170 valence electrons. The maximum absolute atomic E-state index is 10.3. The zero-order valence-electron chi connectivity index (χ0n) is 21.5. The van der Waals surface area contributed by atoms with Crippen molar-refractivity contribution in [3.63, 3.8) is 0 Å². The molecule has 0 aromatic heterocycles. The van der Waals surface area contributed by atoms with Crippen LogP contribution in [0, 0.1) is 23.2 Å². The Morgan fingerprint density at radius 2 is 2.13 bits per heavy atom. The van der Waals surface area contributed by atoms with E-state index >= 15 is 0 Å². The van der Waals surface area contributed by atoms with Crippen molar-refractivity contribution < 1.29 is 16.7 Å². The molecule has 0 aromatic rings. The number of rotatable bonds is 7. The second-order valence-electron chi connectivity index (χ2n) is 11.2. The summed E-state index contributed by atoms with van der Waals surface area (Å²) in [6.07, 6.45) is 11.6. The van der Waals surface area contributed by atoms with E-state index in [4.69, 9.17) is 2.80 Å². The highest BCUT2D eigenvalue weighted by atomic mass is 16.3. The van der Waals surface area contributed by atoms with Crippen LogP contribution in [0.5, 0.6) is 0 Å². The Bertz CT molecular complexity index is 752. The molecule has 3 aliphatic carbocycles. The van der Waals surface area contributed by atoms with Crippen LogP contribution in [-0.4, -0.2) is 34.5 Å². The maximum Gasteiger partial charge on any atom is 0.210 e. The smallest absolute Gasteiger partial charge is 0.210 e. The van der Waals surface area contributed by atoms with Crippen LogP contribution < -0.4 is 0 Å². The van der Waals surface area contributed by atoms with Crippen LogP contribution in [0.25, 0.3) is 0 Å². The van der Waals surface area contributed by atoms with Gasteiger partial charge in [0.2, 0.25) is 1.43 Å². The number of hydrogen-bond acceptors (Lipinski definition) is 3. The number of aliphatic hydroxyl groups excluding tert-OH is 1. The van der Waals surface area contributed by atoms with Gasteiger partial charge in [0.15, 0.2) is 0 Å². The molecular weight excluding hydrogens is 372 g/mol. The fourth-order valence-corrected chi connectivity index (χ4v) is 6.60. The Kier molecular flexibility index (Phi) is 6.50. The van der Waals surface area contributed by atoms with Crippen LogP contribution in [0.4, 0.5) is 0 Å². The molecule has 0 saturated heterocycles. The molecule has 0 bridgehead atoms. The van der Waals surface area contributed by atoms with Crippen molar-refractivity contribution in [2.24, 2.45) is 23.2 Å². The van der Waals surface area contributed by atoms with Gasteiger partial charge in [-0.15, -0.1) is 0 Å². The maximum atomic E-state index is 10.3. The minimum atomic E-state index is -1.40. The molecule has 3 rings (SSSR count). The molecule has 0 amide bonds. The van der Waals surface area contributed by atoms with Crippen molar-refractivity contribution in [2.45, 2.75) is 110 Å². The van der Waals surface area contributed by atoms with Gasteiger partial charge in [0.1, 0.15) is 0 Å². The number of allylic oxidation sites excluding steroid dienone is 3. The first-order valence-corrected chi connectivity index (χ1v) is 12.0. The first-order chi connectivity index (χ1) is 14.9. The second kappa shape index (κ2) is 9.30. The summed E-state index contributed by atoms with van der Waals surface area (Å²) in [6, 6.07) is 0. The molecule has 2 unspecified atom stereocenters. The second-order valence-corrected chi connectivity index (χ2v) is 11.2. The number of hydrogen-bond donors (Lipinski definition) is 3. The highest BCUT2D eigenvalue weighted by Gasteiger charge is 2.50. The van der Waals surface area contributed by atoms with Crippen LogP contribution in [-0.2, 0) is 0 Å². The zero-order chi connectivity index (χ0) is 23.7. The lowest BCUT2D eigenvalue weighted by atomic mass is 9.60. The van der Waals surface area contributed by atoms with Crippen LogP contribution >= 0.6 is 0 Å². The minimum Gasteiger partial charge on any atom is -0.393 e. The Morgan fingerprint density at radius 3 is 2.83 bits per heavy atom. The van der Waals surface area contributed by atoms with E-state index < -0.39 is 17.8 Å². The van der Waals surface area contributed by atoms with Crippen LogP contribution in [0.3, 0.4) is 0 Å². The van der Waals surface area contributed by atoms with Crippen LogP contribution in [0.15, 0.2) is 35.5 Å². The summed E-state index contributed by atoms with van der Waals surface area (Å²) >= 11 is 0. The summed E-state index contributed by atoms with van der Waals surface area (Å²) < 4.78 is 15.5. The molecule has 3 heteroatoms. The summed E-state index contributed by atoms with van der Waals surface area (Å²) in [5.41, 5.74) is 2.73. The Hall–Kier alpha value is -0.900. The zero-order valence-corrected chi connectivity index (χ0v) is 19.5. The van der Waals surface area contributed by atoms with Gasteiger partial charge in [-0.1, -0.05) is 51.0 Å². The molecular formula is C27H44O3. The fraction of sp³-hybridized carbons (Fsp3) is 0.778. The molecule has 6 atom stereocenters. The molecule has 3 nitrogen and oxygen atoms in total. The van der Waals surface area contributed by atoms with E-state index in [9.17, 15) is 10.2 Å². The average molecular weight is 419 g/mol. The van der Waals surface area contributed by atoms with Crippen molar-refractivity contribution in [1.82, 2.24) is 0 Å². The topological polar surface area (TPSA) is 60.7 Å². The van der Waals surface area contributed by atoms with Gasteiger partial charge in [0.05, 0.1) is 19.2 Å². The fourth-order valence-electron chi connectivity index (χ4n) is 6.60. The van der Waals surface area contributed by atoms with Gasteiger partial charge in [-0.05, 0) is 93.1 Å². The lowest BCUT2D eigenvalue weighted by Crippen LogP contribution is -2.36. The molecule has 0 aliphatic heterocycles. The molecule has 0 aromatic carbocycles. The van der Waals surface area contributed by atoms with Gasteiger partial charge < -0.3 is 15.3 Å². The molecule has 3 N–H and O–H groups in total. The van der Waals surface area contributed by atoms with Gasteiger partial charge >= 0.3 is 0 Å². The first kappa shape index (κ1) is 21.0. The third kappa shape index (κ3) is 5.29. The molecule has 0 heterocycles. The molecule has 3 saturated carbocycles. The van der Waals surface area contributed by atoms with E-state index in [1.165, 1.54) is 37.7 Å². The van der Waals surface area contributed by atoms with Gasteiger partial charge in [0.25, 0.3) is 0 Å². The van der Waals surface area contributed by atoms with Gasteiger partial charge in [-0.3, -0.25) is 0 Å². The first-order valence-electron chi connectivity index (χ1n) is 12.9. The van der Waals surface area contributed by atoms with Gasteiger partial charge in [-0.25, -0.2) is 0 Å². The van der Waals surface area contributed by atoms with E-state index in [1.54, 1.807) is 0 Å². The molecule has 3 aliphatic rings. The molecule has 0 spiro atoms. The lowest BCUT2D eigenvalue weighted by molar-refractivity contribution is 0.0596. The third-order valence-electron chi connectivity index (χ3n) is 8.29. The van der Waals surface area contributed by atoms with Crippen molar-refractivity contribution in [3.05, 3.63) is 35.5 Å². The van der Waals surface area contributed by atoms with E-state index in [-0.39, 0.29) is 6.42 Å². The monoisotopic (exact) mass is 418 g/mol. The SMILES string of the molecule is [2H]O[C@]1([2H])C/C(=C/C=C2CCC[C@@]3(C)C2CC[C@@H]3[C@H](C)CCCC(C)(C)O)C(=C)C(O)C1. The summed E-state index contributed by atoms with van der Waals surface area (Å²) in [6.45, 7) is 12.7. The Morgan fingerprint density at radius 1 is 1.37 bits per heavy atom. The van der Waals surface area contributed by atoms with E-state index in [0.717, 1.165) is 30.8 Å². The third-order valence-corrected chi connectivity index (χ3v) is 8.29. The highest BCUT2D eigenvalue weighted by molar-refractivity contribution is 5.38. The molecule has 3 fully saturated rings. The molecule has 30 heavy (non-hydrogen) atoms. The average Bonchev–Trinajstić information content (AvgIpc) is 3.06. The van der Waals surface area contributed by atoms with E-state index in [2.05, 4.69) is 31.6 Å². The molecule has 0 radical (unpaired) electrons. The summed E-state index contributed by atoms with van der Waals surface area (Å²) in [4.78, 5) is 0. The van der Waals surface area contributed by atoms with Gasteiger partial charge in [0, 0.05) is 6.42 Å². The van der Waals surface area contributed by atoms with Crippen LogP contribution in [0.2, 0.25) is 0 Å². The van der Waals surface area contributed by atoms with Crippen molar-refractivity contribution in [2.75, 3.05) is 0 Å². The quantitative estimate of drug-likeness (QED) is 0.497. The van der Waals surface area contributed by atoms with E-state index in [1.807, 2.05) is 19.9 Å². The highest BCUT2D eigenvalue weighted by Crippen LogP contribution is 2.60. The number of fused-ring (bicyclic) bond motifs is 1. The predicted molar refractivity (Wildman–Crippen MR) is 124 cm³/mol. The normalized spacial score (nSPS) is 42.2. The Labute approximate surface area is 186 Å². The minimum absolute atomic E-state index is 0.0942. The standard InChI is InChI=1S/C27H44O3/c1-18(8-6-14-26(3,4)30)23-12-13-24-20(9-7-15-27(23,24)5)10-11-21-16-22(28)17-25(29)19(21)2/h10-11,18,22-25,28-30H,2,6-9,12-17H2,1,3-5H3/b20-10?,21-11-/t18-,22-,23-,24?,25?,27-/m1/s1/i22D,28D. The summed E-state index contributed by atoms with van der Waals surface area (Å²) in [5.74, 6) is 1.97. The van der Waals surface area contributed by atoms with Gasteiger partial charge in [-0.2, -0.15) is 0 Å². The lowest BCUT2D eigenvalue weighted by Gasteiger charge is -2.44. The van der Waals surface area contributed by atoms with Crippen LogP contribution in [0.1, 0.15) is 93.3 Å². The number of aliphatic hydroxyl groups is 3. The van der Waals surface area contributed by atoms with Crippen molar-refractivity contribution >= 4 is 0 Å². The van der Waals surface area contributed by atoms with Crippen molar-refractivity contribution in [3.8, 4) is 0 Å². The van der Waals surface area contributed by atoms with E-state index in [0.29, 0.717) is 29.2 Å². The Balaban J connectivity index is 1.73. The summed E-state index contributed by atoms with van der Waals surface area (Å²) in [7, 11) is 0. The summed E-state index contributed by atoms with van der Waals surface area (Å²) in [5, 5.41) is 25.0.